The lowest BCUT2D eigenvalue weighted by Crippen LogP contribution is -2.14. The maximum atomic E-state index is 12.2. The molecule has 0 aliphatic heterocycles. The molecule has 0 bridgehead atoms. The van der Waals surface area contributed by atoms with Gasteiger partial charge in [-0.15, -0.1) is 6.42 Å². The molecule has 3 nitrogen and oxygen atoms in total. The number of rotatable bonds is 3. The van der Waals surface area contributed by atoms with Gasteiger partial charge in [-0.1, -0.05) is 42.3 Å². The van der Waals surface area contributed by atoms with Gasteiger partial charge in [0.25, 0.3) is 0 Å². The third-order valence-electron chi connectivity index (χ3n) is 3.40. The summed E-state index contributed by atoms with van der Waals surface area (Å²) in [4.78, 5) is 16.4. The molecule has 0 atom stereocenters. The Morgan fingerprint density at radius 1 is 1.14 bits per heavy atom. The van der Waals surface area contributed by atoms with Crippen LogP contribution in [-0.2, 0) is 11.2 Å². The van der Waals surface area contributed by atoms with Crippen molar-refractivity contribution in [2.75, 3.05) is 5.32 Å². The Labute approximate surface area is 129 Å². The number of terminal acetylenes is 1. The molecule has 1 aromatic heterocycles. The Kier molecular flexibility index (Phi) is 3.84. The fourth-order valence-electron chi connectivity index (χ4n) is 2.37. The number of benzene rings is 2. The van der Waals surface area contributed by atoms with Gasteiger partial charge in [0, 0.05) is 22.5 Å². The van der Waals surface area contributed by atoms with Crippen molar-refractivity contribution < 1.29 is 4.79 Å². The summed E-state index contributed by atoms with van der Waals surface area (Å²) in [6.07, 6.45) is 9.10. The first-order valence-electron chi connectivity index (χ1n) is 6.94. The summed E-state index contributed by atoms with van der Waals surface area (Å²) in [5, 5.41) is 4.89. The van der Waals surface area contributed by atoms with Gasteiger partial charge in [0.05, 0.1) is 18.3 Å². The summed E-state index contributed by atoms with van der Waals surface area (Å²) in [6, 6.07) is 15.3. The lowest BCUT2D eigenvalue weighted by Gasteiger charge is -2.08. The molecule has 0 radical (unpaired) electrons. The molecule has 0 spiro atoms. The standard InChI is InChI=1S/C19H14N2O/c1-2-14-6-5-7-15(10-14)11-19(22)21-18-13-20-12-16-8-3-4-9-17(16)18/h1,3-10,12-13H,11H2,(H,21,22). The third kappa shape index (κ3) is 2.97. The number of nitrogens with one attached hydrogen (secondary N) is 1. The van der Waals surface area contributed by atoms with E-state index in [0.29, 0.717) is 0 Å². The minimum Gasteiger partial charge on any atom is -0.324 e. The lowest BCUT2D eigenvalue weighted by molar-refractivity contribution is -0.115. The average Bonchev–Trinajstić information content (AvgIpc) is 2.55. The van der Waals surface area contributed by atoms with Gasteiger partial charge in [0.15, 0.2) is 0 Å². The van der Waals surface area contributed by atoms with Crippen LogP contribution < -0.4 is 5.32 Å². The Morgan fingerprint density at radius 3 is 2.86 bits per heavy atom. The van der Waals surface area contributed by atoms with Gasteiger partial charge in [-0.2, -0.15) is 0 Å². The number of amides is 1. The Balaban J connectivity index is 1.80. The van der Waals surface area contributed by atoms with Gasteiger partial charge in [0.1, 0.15) is 0 Å². The quantitative estimate of drug-likeness (QED) is 0.750. The largest absolute Gasteiger partial charge is 0.324 e. The summed E-state index contributed by atoms with van der Waals surface area (Å²) in [6.45, 7) is 0. The van der Waals surface area contributed by atoms with Crippen LogP contribution in [0, 0.1) is 12.3 Å². The Morgan fingerprint density at radius 2 is 2.00 bits per heavy atom. The van der Waals surface area contributed by atoms with E-state index in [-0.39, 0.29) is 12.3 Å². The van der Waals surface area contributed by atoms with E-state index >= 15 is 0 Å². The van der Waals surface area contributed by atoms with Crippen molar-refractivity contribution in [2.24, 2.45) is 0 Å². The van der Waals surface area contributed by atoms with E-state index < -0.39 is 0 Å². The second kappa shape index (κ2) is 6.11. The van der Waals surface area contributed by atoms with Crippen molar-refractivity contribution in [2.45, 2.75) is 6.42 Å². The van der Waals surface area contributed by atoms with Gasteiger partial charge in [-0.25, -0.2) is 0 Å². The number of hydrogen-bond acceptors (Lipinski definition) is 2. The highest BCUT2D eigenvalue weighted by Gasteiger charge is 2.07. The molecule has 0 aliphatic rings. The van der Waals surface area contributed by atoms with Gasteiger partial charge < -0.3 is 5.32 Å². The predicted octanol–water partition coefficient (Wildman–Crippen LogP) is 3.40. The van der Waals surface area contributed by atoms with Crippen molar-refractivity contribution in [3.63, 3.8) is 0 Å². The van der Waals surface area contributed by atoms with E-state index in [1.807, 2.05) is 48.5 Å². The maximum Gasteiger partial charge on any atom is 0.228 e. The monoisotopic (exact) mass is 286 g/mol. The second-order valence-corrected chi connectivity index (χ2v) is 4.98. The van der Waals surface area contributed by atoms with Crippen LogP contribution in [0.2, 0.25) is 0 Å². The number of nitrogens with zero attached hydrogens (tertiary/aromatic N) is 1. The number of carbonyl (C=O) groups excluding carboxylic acids is 1. The van der Waals surface area contributed by atoms with Crippen LogP contribution in [0.15, 0.2) is 60.9 Å². The lowest BCUT2D eigenvalue weighted by atomic mass is 10.1. The molecule has 3 heteroatoms. The molecular formula is C19H14N2O. The fourth-order valence-corrected chi connectivity index (χ4v) is 2.37. The van der Waals surface area contributed by atoms with Gasteiger partial charge >= 0.3 is 0 Å². The van der Waals surface area contributed by atoms with Crippen LogP contribution in [0.3, 0.4) is 0 Å². The molecule has 106 valence electrons. The Hall–Kier alpha value is -3.12. The highest BCUT2D eigenvalue weighted by molar-refractivity contribution is 6.02. The zero-order valence-electron chi connectivity index (χ0n) is 11.9. The molecule has 3 rings (SSSR count). The van der Waals surface area contributed by atoms with Crippen LogP contribution in [0.25, 0.3) is 10.8 Å². The van der Waals surface area contributed by atoms with E-state index in [1.165, 1.54) is 0 Å². The summed E-state index contributed by atoms with van der Waals surface area (Å²) in [5.41, 5.74) is 2.38. The van der Waals surface area contributed by atoms with Crippen molar-refractivity contribution in [1.82, 2.24) is 4.98 Å². The predicted molar refractivity (Wildman–Crippen MR) is 88.5 cm³/mol. The fraction of sp³-hybridized carbons (Fsp3) is 0.0526. The number of carbonyl (C=O) groups is 1. The average molecular weight is 286 g/mol. The van der Waals surface area contributed by atoms with Crippen molar-refractivity contribution in [3.8, 4) is 12.3 Å². The van der Waals surface area contributed by atoms with E-state index in [9.17, 15) is 4.79 Å². The van der Waals surface area contributed by atoms with Crippen LogP contribution in [0.4, 0.5) is 5.69 Å². The van der Waals surface area contributed by atoms with Crippen LogP contribution >= 0.6 is 0 Å². The Bertz CT molecular complexity index is 872. The molecule has 22 heavy (non-hydrogen) atoms. The maximum absolute atomic E-state index is 12.2. The van der Waals surface area contributed by atoms with E-state index in [2.05, 4.69) is 16.2 Å². The van der Waals surface area contributed by atoms with Crippen molar-refractivity contribution in [1.29, 1.82) is 0 Å². The molecule has 1 N–H and O–H groups in total. The molecule has 0 fully saturated rings. The van der Waals surface area contributed by atoms with E-state index in [0.717, 1.165) is 27.6 Å². The van der Waals surface area contributed by atoms with Crippen molar-refractivity contribution >= 4 is 22.4 Å². The summed E-state index contributed by atoms with van der Waals surface area (Å²) < 4.78 is 0. The second-order valence-electron chi connectivity index (χ2n) is 4.98. The summed E-state index contributed by atoms with van der Waals surface area (Å²) in [5.74, 6) is 2.48. The zero-order valence-corrected chi connectivity index (χ0v) is 11.9. The summed E-state index contributed by atoms with van der Waals surface area (Å²) >= 11 is 0. The van der Waals surface area contributed by atoms with Crippen LogP contribution in [-0.4, -0.2) is 10.9 Å². The highest BCUT2D eigenvalue weighted by atomic mass is 16.1. The third-order valence-corrected chi connectivity index (χ3v) is 3.40. The first kappa shape index (κ1) is 13.8. The van der Waals surface area contributed by atoms with Gasteiger partial charge in [0.2, 0.25) is 5.91 Å². The molecule has 2 aromatic carbocycles. The first-order valence-corrected chi connectivity index (χ1v) is 6.94. The topological polar surface area (TPSA) is 42.0 Å². The van der Waals surface area contributed by atoms with Crippen molar-refractivity contribution in [3.05, 3.63) is 72.1 Å². The van der Waals surface area contributed by atoms with Crippen LogP contribution in [0.1, 0.15) is 11.1 Å². The zero-order chi connectivity index (χ0) is 15.4. The molecule has 1 heterocycles. The smallest absolute Gasteiger partial charge is 0.228 e. The van der Waals surface area contributed by atoms with Gasteiger partial charge in [-0.3, -0.25) is 9.78 Å². The molecule has 0 unspecified atom stereocenters. The number of fused-ring (bicyclic) bond motifs is 1. The van der Waals surface area contributed by atoms with Crippen LogP contribution in [0.5, 0.6) is 0 Å². The molecule has 1 amide bonds. The normalized spacial score (nSPS) is 10.1. The van der Waals surface area contributed by atoms with E-state index in [1.54, 1.807) is 12.4 Å². The highest BCUT2D eigenvalue weighted by Crippen LogP contribution is 2.21. The van der Waals surface area contributed by atoms with E-state index in [4.69, 9.17) is 6.42 Å². The number of anilines is 1. The molecule has 3 aromatic rings. The number of aromatic nitrogens is 1. The van der Waals surface area contributed by atoms with Gasteiger partial charge in [-0.05, 0) is 17.7 Å². The molecule has 0 aliphatic carbocycles. The molecule has 0 saturated carbocycles. The first-order chi connectivity index (χ1) is 10.8. The summed E-state index contributed by atoms with van der Waals surface area (Å²) in [7, 11) is 0. The SMILES string of the molecule is C#Cc1cccc(CC(=O)Nc2cncc3ccccc23)c1. The minimum absolute atomic E-state index is 0.0904. The molecule has 0 saturated heterocycles. The molecular weight excluding hydrogens is 272 g/mol. The number of hydrogen-bond donors (Lipinski definition) is 1. The minimum atomic E-state index is -0.0904. The number of pyridine rings is 1.